The number of aromatic nitrogens is 5. The van der Waals surface area contributed by atoms with Crippen molar-refractivity contribution in [1.29, 1.82) is 0 Å². The molecule has 0 aliphatic heterocycles. The van der Waals surface area contributed by atoms with Crippen molar-refractivity contribution >= 4 is 0 Å². The van der Waals surface area contributed by atoms with E-state index in [4.69, 9.17) is 9.84 Å². The molecule has 3 fully saturated rings. The molecule has 8 nitrogen and oxygen atoms in total. The molecule has 3 aliphatic rings. The van der Waals surface area contributed by atoms with E-state index in [0.717, 1.165) is 23.1 Å². The zero-order chi connectivity index (χ0) is 26.7. The summed E-state index contributed by atoms with van der Waals surface area (Å²) in [4.78, 5) is 3.96. The van der Waals surface area contributed by atoms with Crippen molar-refractivity contribution in [2.24, 2.45) is 5.41 Å². The first-order valence-electron chi connectivity index (χ1n) is 11.2. The largest absolute Gasteiger partial charge is 0.471 e. The molecule has 198 valence electrons. The zero-order valence-electron chi connectivity index (χ0n) is 19.1. The molecule has 3 aromatic rings. The fourth-order valence-electron chi connectivity index (χ4n) is 5.54. The van der Waals surface area contributed by atoms with Crippen LogP contribution in [-0.2, 0) is 17.6 Å². The third-order valence-electron chi connectivity index (χ3n) is 7.39. The highest BCUT2D eigenvalue weighted by Crippen LogP contribution is 2.80. The van der Waals surface area contributed by atoms with Gasteiger partial charge < -0.3 is 14.9 Å². The number of alkyl halides is 4. The number of pyridine rings is 1. The first-order chi connectivity index (χ1) is 17.4. The van der Waals surface area contributed by atoms with Gasteiger partial charge in [0, 0.05) is 29.3 Å². The van der Waals surface area contributed by atoms with Gasteiger partial charge in [0.15, 0.2) is 12.2 Å². The van der Waals surface area contributed by atoms with Gasteiger partial charge in [-0.1, -0.05) is 6.07 Å². The van der Waals surface area contributed by atoms with E-state index in [-0.39, 0.29) is 25.1 Å². The van der Waals surface area contributed by atoms with Gasteiger partial charge in [-0.25, -0.2) is 36.0 Å². The Bertz CT molecular complexity index is 1270. The van der Waals surface area contributed by atoms with Crippen molar-refractivity contribution in [3.05, 3.63) is 65.6 Å². The summed E-state index contributed by atoms with van der Waals surface area (Å²) in [5, 5.41) is 30.2. The average Bonchev–Trinajstić information content (AvgIpc) is 3.29. The van der Waals surface area contributed by atoms with E-state index >= 15 is 8.78 Å². The highest BCUT2D eigenvalue weighted by atomic mass is 19.3. The van der Waals surface area contributed by atoms with Crippen molar-refractivity contribution in [3.63, 3.8) is 0 Å². The molecular weight excluding hydrogens is 508 g/mol. The minimum Gasteiger partial charge on any atom is -0.471 e. The monoisotopic (exact) mass is 529 g/mol. The molecular formula is C23H21F6N5O3. The van der Waals surface area contributed by atoms with Crippen LogP contribution in [0.15, 0.2) is 42.9 Å². The van der Waals surface area contributed by atoms with Gasteiger partial charge in [0.2, 0.25) is 5.88 Å². The second-order valence-electron chi connectivity index (χ2n) is 9.85. The Balaban J connectivity index is 1.37. The fourth-order valence-corrected chi connectivity index (χ4v) is 5.54. The highest BCUT2D eigenvalue weighted by molar-refractivity contribution is 5.42. The molecule has 6 rings (SSSR count). The number of hydrogen-bond donors (Lipinski definition) is 2. The number of halogens is 6. The van der Waals surface area contributed by atoms with E-state index in [9.17, 15) is 22.7 Å². The Morgan fingerprint density at radius 2 is 1.78 bits per heavy atom. The molecule has 14 heteroatoms. The number of tetrazole rings is 1. The first-order valence-corrected chi connectivity index (χ1v) is 11.2. The van der Waals surface area contributed by atoms with Gasteiger partial charge in [-0.15, -0.1) is 5.10 Å². The van der Waals surface area contributed by atoms with E-state index < -0.39 is 65.2 Å². The van der Waals surface area contributed by atoms with Crippen LogP contribution in [0.2, 0.25) is 0 Å². The van der Waals surface area contributed by atoms with E-state index in [1.807, 2.05) is 0 Å². The SMILES string of the molecule is OCC(F)(F)COc1ccc(C23CC(C(F)(F)C(O)(Cn4cnnn4)c4ccc(F)cc4F)(C2)C3)cn1. The zero-order valence-corrected chi connectivity index (χ0v) is 19.1. The quantitative estimate of drug-likeness (QED) is 0.389. The lowest BCUT2D eigenvalue weighted by molar-refractivity contribution is -0.347. The van der Waals surface area contributed by atoms with Crippen LogP contribution in [0.3, 0.4) is 0 Å². The van der Waals surface area contributed by atoms with Crippen LogP contribution in [-0.4, -0.2) is 60.5 Å². The molecule has 3 aliphatic carbocycles. The van der Waals surface area contributed by atoms with E-state index in [1.165, 1.54) is 18.3 Å². The van der Waals surface area contributed by atoms with Crippen molar-refractivity contribution in [1.82, 2.24) is 25.2 Å². The summed E-state index contributed by atoms with van der Waals surface area (Å²) in [5.41, 5.74) is -5.66. The molecule has 0 spiro atoms. The molecule has 1 aromatic carbocycles. The molecule has 3 saturated carbocycles. The van der Waals surface area contributed by atoms with Crippen molar-refractivity contribution in [2.45, 2.75) is 48.7 Å². The number of benzene rings is 1. The van der Waals surface area contributed by atoms with Crippen LogP contribution in [0.1, 0.15) is 30.4 Å². The lowest BCUT2D eigenvalue weighted by Crippen LogP contribution is -2.76. The molecule has 0 radical (unpaired) electrons. The Kier molecular flexibility index (Phi) is 5.75. The van der Waals surface area contributed by atoms with Crippen LogP contribution in [0.25, 0.3) is 0 Å². The maximum atomic E-state index is 16.2. The summed E-state index contributed by atoms with van der Waals surface area (Å²) in [6.07, 6.45) is 2.17. The third kappa shape index (κ3) is 3.93. The van der Waals surface area contributed by atoms with Gasteiger partial charge in [-0.3, -0.25) is 0 Å². The lowest BCUT2D eigenvalue weighted by Gasteiger charge is -2.74. The van der Waals surface area contributed by atoms with Crippen LogP contribution in [0.4, 0.5) is 26.3 Å². The lowest BCUT2D eigenvalue weighted by atomic mass is 9.30. The molecule has 37 heavy (non-hydrogen) atoms. The van der Waals surface area contributed by atoms with Crippen molar-refractivity contribution in [2.75, 3.05) is 13.2 Å². The topological polar surface area (TPSA) is 106 Å². The Morgan fingerprint density at radius 1 is 1.05 bits per heavy atom. The minimum atomic E-state index is -3.88. The number of nitrogens with zero attached hydrogens (tertiary/aromatic N) is 5. The molecule has 2 N–H and O–H groups in total. The highest BCUT2D eigenvalue weighted by Gasteiger charge is 2.82. The predicted octanol–water partition coefficient (Wildman–Crippen LogP) is 3.00. The maximum absolute atomic E-state index is 16.2. The number of aliphatic hydroxyl groups is 2. The number of hydrogen-bond acceptors (Lipinski definition) is 7. The summed E-state index contributed by atoms with van der Waals surface area (Å²) in [6.45, 7) is -3.33. The van der Waals surface area contributed by atoms with Crippen LogP contribution < -0.4 is 4.74 Å². The van der Waals surface area contributed by atoms with Gasteiger partial charge >= 0.3 is 5.92 Å². The van der Waals surface area contributed by atoms with Crippen LogP contribution >= 0.6 is 0 Å². The normalized spacial score (nSPS) is 24.6. The van der Waals surface area contributed by atoms with Gasteiger partial charge in [0.25, 0.3) is 5.92 Å². The van der Waals surface area contributed by atoms with Gasteiger partial charge in [0.1, 0.15) is 24.6 Å². The molecule has 0 saturated heterocycles. The predicted molar refractivity (Wildman–Crippen MR) is 113 cm³/mol. The molecule has 2 bridgehead atoms. The molecule has 1 atom stereocenters. The van der Waals surface area contributed by atoms with Gasteiger partial charge in [0.05, 0.1) is 6.54 Å². The van der Waals surface area contributed by atoms with Gasteiger partial charge in [-0.05, 0) is 52.8 Å². The van der Waals surface area contributed by atoms with Gasteiger partial charge in [-0.2, -0.15) is 0 Å². The first kappa shape index (κ1) is 25.4. The summed E-state index contributed by atoms with van der Waals surface area (Å²) in [7, 11) is 0. The third-order valence-corrected chi connectivity index (χ3v) is 7.39. The Morgan fingerprint density at radius 3 is 2.35 bits per heavy atom. The van der Waals surface area contributed by atoms with Crippen LogP contribution in [0.5, 0.6) is 5.88 Å². The van der Waals surface area contributed by atoms with E-state index in [0.29, 0.717) is 11.6 Å². The standard InChI is InChI=1S/C23H21F6N5O3/c24-15-2-3-16(17(25)5-15)22(36,10-34-13-31-32-33-34)23(28,29)20-7-19(8-20,9-20)14-1-4-18(30-6-14)37-12-21(26,27)11-35/h1-6,13,35-36H,7-12H2. The van der Waals surface area contributed by atoms with Crippen molar-refractivity contribution < 1.29 is 41.3 Å². The Labute approximate surface area is 205 Å². The molecule has 0 amide bonds. The number of ether oxygens (including phenoxy) is 1. The summed E-state index contributed by atoms with van der Waals surface area (Å²) in [5.74, 6) is -9.75. The second kappa shape index (κ2) is 8.38. The second-order valence-corrected chi connectivity index (χ2v) is 9.85. The summed E-state index contributed by atoms with van der Waals surface area (Å²) < 4.78 is 92.6. The fraction of sp³-hybridized carbons (Fsp3) is 0.478. The maximum Gasteiger partial charge on any atom is 0.303 e. The number of rotatable bonds is 10. The summed E-state index contributed by atoms with van der Waals surface area (Å²) >= 11 is 0. The minimum absolute atomic E-state index is 0.0573. The Hall–Kier alpha value is -3.26. The summed E-state index contributed by atoms with van der Waals surface area (Å²) in [6, 6.07) is 4.86. The van der Waals surface area contributed by atoms with E-state index in [2.05, 4.69) is 20.5 Å². The van der Waals surface area contributed by atoms with Crippen LogP contribution in [0, 0.1) is 17.0 Å². The van der Waals surface area contributed by atoms with Crippen molar-refractivity contribution in [3.8, 4) is 5.88 Å². The smallest absolute Gasteiger partial charge is 0.303 e. The molecule has 2 heterocycles. The number of aliphatic hydroxyl groups excluding tert-OH is 1. The molecule has 1 unspecified atom stereocenters. The van der Waals surface area contributed by atoms with E-state index in [1.54, 1.807) is 0 Å². The molecule has 2 aromatic heterocycles. The average molecular weight is 529 g/mol.